The molecule has 3 heterocycles. The number of likely N-dealkylation sites (tertiary alicyclic amines) is 1. The average Bonchev–Trinajstić information content (AvgIpc) is 2.85. The number of hydrogen-bond donors (Lipinski definition) is 1. The highest BCUT2D eigenvalue weighted by Gasteiger charge is 2.45. The molecular formula is C18H33N3O2. The van der Waals surface area contributed by atoms with Crippen molar-refractivity contribution in [1.82, 2.24) is 15.1 Å². The van der Waals surface area contributed by atoms with Gasteiger partial charge in [-0.15, -0.1) is 0 Å². The smallest absolute Gasteiger partial charge is 0.410 e. The van der Waals surface area contributed by atoms with Crippen molar-refractivity contribution in [3.63, 3.8) is 0 Å². The molecule has 0 aromatic rings. The van der Waals surface area contributed by atoms with Crippen LogP contribution in [0.3, 0.4) is 0 Å². The van der Waals surface area contributed by atoms with E-state index in [0.29, 0.717) is 30.2 Å². The van der Waals surface area contributed by atoms with Gasteiger partial charge in [-0.25, -0.2) is 4.79 Å². The third kappa shape index (κ3) is 3.82. The molecule has 1 N–H and O–H groups in total. The molecule has 3 saturated heterocycles. The standard InChI is InChI=1S/C18H33N3O2/c1-12-8-14(11-20(12)5)19-13-9-15-6-7-16(10-13)21(15)17(22)23-18(2,3)4/h12-16,19H,6-11H2,1-5H3/t12-,13?,14+,15-,16+/m0/s1. The SMILES string of the molecule is C[C@H]1C[C@@H](NC2C[C@H]3CC[C@@H](C2)N3C(=O)OC(C)(C)C)CN1C. The number of likely N-dealkylation sites (N-methyl/N-ethyl adjacent to an activating group) is 1. The van der Waals surface area contributed by atoms with Gasteiger partial charge < -0.3 is 19.9 Å². The zero-order valence-electron chi connectivity index (χ0n) is 15.3. The second-order valence-corrected chi connectivity index (χ2v) is 8.83. The van der Waals surface area contributed by atoms with Crippen LogP contribution >= 0.6 is 0 Å². The van der Waals surface area contributed by atoms with Gasteiger partial charge in [-0.05, 0) is 66.8 Å². The van der Waals surface area contributed by atoms with Crippen molar-refractivity contribution in [3.8, 4) is 0 Å². The molecule has 5 nitrogen and oxygen atoms in total. The van der Waals surface area contributed by atoms with E-state index < -0.39 is 5.60 Å². The molecule has 2 bridgehead atoms. The summed E-state index contributed by atoms with van der Waals surface area (Å²) >= 11 is 0. The quantitative estimate of drug-likeness (QED) is 0.848. The molecule has 3 fully saturated rings. The van der Waals surface area contributed by atoms with Crippen molar-refractivity contribution in [2.24, 2.45) is 0 Å². The molecule has 0 spiro atoms. The molecule has 5 heteroatoms. The zero-order valence-corrected chi connectivity index (χ0v) is 15.3. The number of fused-ring (bicyclic) bond motifs is 2. The van der Waals surface area contributed by atoms with Gasteiger partial charge in [-0.2, -0.15) is 0 Å². The first kappa shape index (κ1) is 17.0. The van der Waals surface area contributed by atoms with Crippen LogP contribution in [0.2, 0.25) is 0 Å². The van der Waals surface area contributed by atoms with Crippen molar-refractivity contribution in [1.29, 1.82) is 0 Å². The molecule has 0 aromatic carbocycles. The predicted octanol–water partition coefficient (Wildman–Crippen LogP) is 2.60. The summed E-state index contributed by atoms with van der Waals surface area (Å²) in [4.78, 5) is 17.0. The van der Waals surface area contributed by atoms with E-state index in [2.05, 4.69) is 24.2 Å². The Hall–Kier alpha value is -0.810. The molecular weight excluding hydrogens is 290 g/mol. The zero-order chi connectivity index (χ0) is 16.8. The van der Waals surface area contributed by atoms with Gasteiger partial charge in [0.25, 0.3) is 0 Å². The van der Waals surface area contributed by atoms with E-state index in [-0.39, 0.29) is 6.09 Å². The minimum absolute atomic E-state index is 0.113. The highest BCUT2D eigenvalue weighted by atomic mass is 16.6. The van der Waals surface area contributed by atoms with Gasteiger partial charge in [0.15, 0.2) is 0 Å². The Kier molecular flexibility index (Phi) is 4.62. The Morgan fingerprint density at radius 1 is 1.09 bits per heavy atom. The molecule has 0 saturated carbocycles. The number of ether oxygens (including phenoxy) is 1. The fourth-order valence-corrected chi connectivity index (χ4v) is 4.57. The van der Waals surface area contributed by atoms with Gasteiger partial charge in [0.2, 0.25) is 0 Å². The van der Waals surface area contributed by atoms with Crippen molar-refractivity contribution in [2.45, 2.75) is 95.6 Å². The molecule has 1 amide bonds. The Morgan fingerprint density at radius 3 is 2.17 bits per heavy atom. The summed E-state index contributed by atoms with van der Waals surface area (Å²) in [5, 5.41) is 3.87. The number of nitrogens with zero attached hydrogens (tertiary/aromatic N) is 2. The summed E-state index contributed by atoms with van der Waals surface area (Å²) in [7, 11) is 2.21. The lowest BCUT2D eigenvalue weighted by molar-refractivity contribution is 0.00434. The molecule has 1 unspecified atom stereocenters. The van der Waals surface area contributed by atoms with Crippen LogP contribution in [0.1, 0.15) is 59.8 Å². The van der Waals surface area contributed by atoms with Gasteiger partial charge in [0.1, 0.15) is 5.60 Å². The summed E-state index contributed by atoms with van der Waals surface area (Å²) in [6, 6.07) is 2.55. The molecule has 0 aromatic heterocycles. The molecule has 5 atom stereocenters. The molecule has 23 heavy (non-hydrogen) atoms. The Balaban J connectivity index is 1.56. The van der Waals surface area contributed by atoms with E-state index in [1.807, 2.05) is 25.7 Å². The number of piperidine rings is 1. The van der Waals surface area contributed by atoms with Crippen LogP contribution in [0.15, 0.2) is 0 Å². The highest BCUT2D eigenvalue weighted by Crippen LogP contribution is 2.37. The molecule has 3 rings (SSSR count). The topological polar surface area (TPSA) is 44.8 Å². The summed E-state index contributed by atoms with van der Waals surface area (Å²) in [5.74, 6) is 0. The summed E-state index contributed by atoms with van der Waals surface area (Å²) < 4.78 is 5.61. The van der Waals surface area contributed by atoms with E-state index in [1.165, 1.54) is 6.42 Å². The molecule has 3 aliphatic rings. The first-order chi connectivity index (χ1) is 10.7. The predicted molar refractivity (Wildman–Crippen MR) is 91.5 cm³/mol. The Bertz CT molecular complexity index is 424. The Morgan fingerprint density at radius 2 is 1.70 bits per heavy atom. The van der Waals surface area contributed by atoms with E-state index in [1.54, 1.807) is 0 Å². The first-order valence-electron chi connectivity index (χ1n) is 9.20. The minimum Gasteiger partial charge on any atom is -0.444 e. The minimum atomic E-state index is -0.407. The summed E-state index contributed by atoms with van der Waals surface area (Å²) in [6.07, 6.45) is 5.52. The first-order valence-corrected chi connectivity index (χ1v) is 9.20. The number of hydrogen-bond acceptors (Lipinski definition) is 4. The fourth-order valence-electron chi connectivity index (χ4n) is 4.57. The lowest BCUT2D eigenvalue weighted by Crippen LogP contribution is -2.54. The number of rotatable bonds is 2. The van der Waals surface area contributed by atoms with Gasteiger partial charge in [0, 0.05) is 36.8 Å². The number of carbonyl (C=O) groups is 1. The maximum Gasteiger partial charge on any atom is 0.410 e. The van der Waals surface area contributed by atoms with Gasteiger partial charge in [-0.1, -0.05) is 0 Å². The maximum atomic E-state index is 12.5. The van der Waals surface area contributed by atoms with E-state index >= 15 is 0 Å². The number of carbonyl (C=O) groups excluding carboxylic acids is 1. The second-order valence-electron chi connectivity index (χ2n) is 8.83. The van der Waals surface area contributed by atoms with Gasteiger partial charge in [-0.3, -0.25) is 0 Å². The monoisotopic (exact) mass is 323 g/mol. The van der Waals surface area contributed by atoms with E-state index in [9.17, 15) is 4.79 Å². The summed E-state index contributed by atoms with van der Waals surface area (Å²) in [6.45, 7) is 9.27. The van der Waals surface area contributed by atoms with Crippen molar-refractivity contribution >= 4 is 6.09 Å². The molecule has 0 radical (unpaired) electrons. The Labute approximate surface area is 140 Å². The molecule has 0 aliphatic carbocycles. The van der Waals surface area contributed by atoms with Crippen molar-refractivity contribution in [2.75, 3.05) is 13.6 Å². The van der Waals surface area contributed by atoms with Crippen LogP contribution in [-0.4, -0.2) is 65.3 Å². The van der Waals surface area contributed by atoms with E-state index in [0.717, 1.165) is 32.2 Å². The lowest BCUT2D eigenvalue weighted by atomic mass is 9.96. The molecule has 3 aliphatic heterocycles. The average molecular weight is 323 g/mol. The lowest BCUT2D eigenvalue weighted by Gasteiger charge is -2.40. The van der Waals surface area contributed by atoms with Crippen LogP contribution in [0, 0.1) is 0 Å². The van der Waals surface area contributed by atoms with Crippen LogP contribution in [0.5, 0.6) is 0 Å². The van der Waals surface area contributed by atoms with Gasteiger partial charge in [0.05, 0.1) is 0 Å². The maximum absolute atomic E-state index is 12.5. The fraction of sp³-hybridized carbons (Fsp3) is 0.944. The highest BCUT2D eigenvalue weighted by molar-refractivity contribution is 5.69. The van der Waals surface area contributed by atoms with Crippen LogP contribution in [0.4, 0.5) is 4.79 Å². The van der Waals surface area contributed by atoms with Crippen molar-refractivity contribution in [3.05, 3.63) is 0 Å². The molecule has 132 valence electrons. The van der Waals surface area contributed by atoms with Gasteiger partial charge >= 0.3 is 6.09 Å². The third-order valence-corrected chi connectivity index (χ3v) is 5.70. The van der Waals surface area contributed by atoms with Crippen LogP contribution in [0.25, 0.3) is 0 Å². The second kappa shape index (κ2) is 6.25. The van der Waals surface area contributed by atoms with Crippen LogP contribution < -0.4 is 5.32 Å². The normalized spacial score (nSPS) is 38.1. The van der Waals surface area contributed by atoms with Crippen molar-refractivity contribution < 1.29 is 9.53 Å². The van der Waals surface area contributed by atoms with E-state index in [4.69, 9.17) is 4.74 Å². The van der Waals surface area contributed by atoms with Crippen LogP contribution in [-0.2, 0) is 4.74 Å². The number of amides is 1. The number of nitrogens with one attached hydrogen (secondary N) is 1. The third-order valence-electron chi connectivity index (χ3n) is 5.70. The summed E-state index contributed by atoms with van der Waals surface area (Å²) in [5.41, 5.74) is -0.407. The largest absolute Gasteiger partial charge is 0.444 e.